The fourth-order valence-electron chi connectivity index (χ4n) is 9.12. The van der Waals surface area contributed by atoms with Gasteiger partial charge in [0.15, 0.2) is 0 Å². The van der Waals surface area contributed by atoms with Gasteiger partial charge in [-0.25, -0.2) is 0 Å². The molecule has 0 amide bonds. The Labute approximate surface area is 296 Å². The molecule has 7 aromatic rings. The molecule has 5 unspecified atom stereocenters. The molecule has 0 aromatic heterocycles. The van der Waals surface area contributed by atoms with Crippen molar-refractivity contribution in [3.8, 4) is 11.5 Å². The van der Waals surface area contributed by atoms with Crippen molar-refractivity contribution in [2.75, 3.05) is 19.8 Å². The van der Waals surface area contributed by atoms with E-state index in [0.717, 1.165) is 36.5 Å². The highest BCUT2D eigenvalue weighted by molar-refractivity contribution is 5.93. The van der Waals surface area contributed by atoms with Crippen molar-refractivity contribution in [2.45, 2.75) is 30.1 Å². The fraction of sp³-hybridized carbons (Fsp3) is 0.191. The molecule has 4 aliphatic rings. The molecule has 0 spiro atoms. The second-order valence-corrected chi connectivity index (χ2v) is 14.5. The highest BCUT2D eigenvalue weighted by atomic mass is 16.7. The largest absolute Gasteiger partial charge is 0.491 e. The maximum Gasteiger partial charge on any atom is 0.202 e. The molecule has 0 radical (unpaired) electrons. The van der Waals surface area contributed by atoms with Crippen LogP contribution in [0.1, 0.15) is 45.7 Å². The molecule has 2 saturated heterocycles. The van der Waals surface area contributed by atoms with E-state index < -0.39 is 5.41 Å². The van der Waals surface area contributed by atoms with Crippen LogP contribution in [0.3, 0.4) is 0 Å². The monoisotopic (exact) mass is 664 g/mol. The van der Waals surface area contributed by atoms with Crippen molar-refractivity contribution >= 4 is 38.4 Å². The quantitative estimate of drug-likeness (QED) is 0.159. The summed E-state index contributed by atoms with van der Waals surface area (Å²) in [7, 11) is 0. The van der Waals surface area contributed by atoms with Gasteiger partial charge in [0.05, 0.1) is 18.6 Å². The van der Waals surface area contributed by atoms with Gasteiger partial charge in [-0.05, 0) is 102 Å². The highest BCUT2D eigenvalue weighted by Gasteiger charge is 2.55. The number of rotatable bonds is 7. The zero-order chi connectivity index (χ0) is 33.5. The van der Waals surface area contributed by atoms with E-state index >= 15 is 0 Å². The van der Waals surface area contributed by atoms with Gasteiger partial charge in [-0.2, -0.15) is 0 Å². The first-order valence-corrected chi connectivity index (χ1v) is 18.1. The molecule has 2 aliphatic carbocycles. The van der Waals surface area contributed by atoms with Gasteiger partial charge in [-0.1, -0.05) is 109 Å². The van der Waals surface area contributed by atoms with Crippen LogP contribution in [0.4, 0.5) is 0 Å². The van der Waals surface area contributed by atoms with Crippen molar-refractivity contribution in [2.24, 2.45) is 5.92 Å². The second kappa shape index (κ2) is 11.3. The maximum atomic E-state index is 6.10. The molecule has 4 heteroatoms. The van der Waals surface area contributed by atoms with Crippen LogP contribution in [0, 0.1) is 5.92 Å². The normalized spacial score (nSPS) is 24.2. The van der Waals surface area contributed by atoms with E-state index in [1.165, 1.54) is 60.3 Å². The minimum Gasteiger partial charge on any atom is -0.491 e. The van der Waals surface area contributed by atoms with Gasteiger partial charge in [-0.3, -0.25) is 0 Å². The third-order valence-corrected chi connectivity index (χ3v) is 11.7. The average molecular weight is 665 g/mol. The van der Waals surface area contributed by atoms with Crippen molar-refractivity contribution in [1.82, 2.24) is 0 Å². The summed E-state index contributed by atoms with van der Waals surface area (Å²) in [5.74, 6) is 2.08. The van der Waals surface area contributed by atoms with E-state index in [0.29, 0.717) is 6.61 Å². The maximum absolute atomic E-state index is 6.10. The van der Waals surface area contributed by atoms with Crippen LogP contribution in [0.25, 0.3) is 38.4 Å². The lowest BCUT2D eigenvalue weighted by molar-refractivity contribution is -0.165. The Morgan fingerprint density at radius 1 is 0.647 bits per heavy atom. The molecule has 2 heterocycles. The van der Waals surface area contributed by atoms with E-state index in [4.69, 9.17) is 18.9 Å². The predicted molar refractivity (Wildman–Crippen MR) is 203 cm³/mol. The molecule has 11 rings (SSSR count). The molecular weight excluding hydrogens is 629 g/mol. The van der Waals surface area contributed by atoms with Gasteiger partial charge in [0.25, 0.3) is 0 Å². The number of ether oxygens (including phenoxy) is 4. The Kier molecular flexibility index (Phi) is 6.49. The standard InChI is InChI=1S/C47H36O4/c1-3-7-40-29(5-1)13-19-42-45(40)46-41-8-4-2-6-30(41)14-20-43(46)47(42,35-15-9-33-25-37(17-11-31(33)23-35)49-27-39-28-50-39)36-16-10-34-26-38(18-12-32(34)24-36)51-44-21-22-48-44/h1-20,23-26,39,42,44-45H,21-22,27-28H2. The Morgan fingerprint density at radius 3 is 2.08 bits per heavy atom. The number of benzene rings is 7. The van der Waals surface area contributed by atoms with E-state index in [1.54, 1.807) is 0 Å². The van der Waals surface area contributed by atoms with Gasteiger partial charge in [0.2, 0.25) is 6.29 Å². The van der Waals surface area contributed by atoms with Crippen molar-refractivity contribution in [3.05, 3.63) is 173 Å². The van der Waals surface area contributed by atoms with E-state index in [9.17, 15) is 0 Å². The Balaban J connectivity index is 1.15. The molecule has 0 saturated carbocycles. The predicted octanol–water partition coefficient (Wildman–Crippen LogP) is 10.2. The van der Waals surface area contributed by atoms with Crippen LogP contribution in [0.5, 0.6) is 11.5 Å². The topological polar surface area (TPSA) is 40.2 Å². The van der Waals surface area contributed by atoms with Crippen LogP contribution >= 0.6 is 0 Å². The summed E-state index contributed by atoms with van der Waals surface area (Å²) in [6.07, 6.45) is 5.88. The van der Waals surface area contributed by atoms with E-state index in [-0.39, 0.29) is 24.2 Å². The smallest absolute Gasteiger partial charge is 0.202 e. The molecule has 7 aromatic carbocycles. The van der Waals surface area contributed by atoms with E-state index in [1.807, 2.05) is 0 Å². The minimum absolute atomic E-state index is 0.143. The SMILES string of the molecule is C1=CC2C(c3ccccc31)c1c(ccc3ccccc13)C2(c1ccc2cc(OCC3CO3)ccc2c1)c1ccc2cc(OC3CCO3)ccc2c1. The van der Waals surface area contributed by atoms with Crippen LogP contribution in [-0.4, -0.2) is 32.2 Å². The summed E-state index contributed by atoms with van der Waals surface area (Å²) in [4.78, 5) is 0. The molecule has 2 fully saturated rings. The summed E-state index contributed by atoms with van der Waals surface area (Å²) < 4.78 is 23.1. The molecular formula is C47H36O4. The lowest BCUT2D eigenvalue weighted by Crippen LogP contribution is -2.35. The second-order valence-electron chi connectivity index (χ2n) is 14.5. The fourth-order valence-corrected chi connectivity index (χ4v) is 9.12. The molecule has 0 N–H and O–H groups in total. The van der Waals surface area contributed by atoms with Gasteiger partial charge >= 0.3 is 0 Å². The Morgan fingerprint density at radius 2 is 1.31 bits per heavy atom. The first-order chi connectivity index (χ1) is 25.2. The third kappa shape index (κ3) is 4.60. The summed E-state index contributed by atoms with van der Waals surface area (Å²) in [5, 5.41) is 7.34. The number of fused-ring (bicyclic) bond motifs is 9. The molecule has 5 atom stereocenters. The van der Waals surface area contributed by atoms with Crippen LogP contribution in [-0.2, 0) is 14.9 Å². The first kappa shape index (κ1) is 29.3. The van der Waals surface area contributed by atoms with Crippen LogP contribution < -0.4 is 9.47 Å². The van der Waals surface area contributed by atoms with Crippen LogP contribution in [0.2, 0.25) is 0 Å². The zero-order valence-electron chi connectivity index (χ0n) is 28.1. The van der Waals surface area contributed by atoms with Gasteiger partial charge in [0, 0.05) is 18.3 Å². The third-order valence-electron chi connectivity index (χ3n) is 11.7. The number of hydrogen-bond donors (Lipinski definition) is 0. The van der Waals surface area contributed by atoms with Gasteiger partial charge < -0.3 is 18.9 Å². The molecule has 4 nitrogen and oxygen atoms in total. The summed E-state index contributed by atoms with van der Waals surface area (Å²) >= 11 is 0. The summed E-state index contributed by atoms with van der Waals surface area (Å²) in [5.41, 5.74) is 7.65. The number of allylic oxidation sites excluding steroid dienone is 1. The summed E-state index contributed by atoms with van der Waals surface area (Å²) in [6, 6.07) is 49.7. The van der Waals surface area contributed by atoms with E-state index in [2.05, 4.69) is 146 Å². The van der Waals surface area contributed by atoms with Crippen molar-refractivity contribution in [1.29, 1.82) is 0 Å². The Bertz CT molecular complexity index is 2540. The van der Waals surface area contributed by atoms with Crippen molar-refractivity contribution < 1.29 is 18.9 Å². The first-order valence-electron chi connectivity index (χ1n) is 18.1. The van der Waals surface area contributed by atoms with Crippen LogP contribution in [0.15, 0.2) is 140 Å². The molecule has 51 heavy (non-hydrogen) atoms. The highest BCUT2D eigenvalue weighted by Crippen LogP contribution is 2.63. The molecule has 2 aliphatic heterocycles. The Hall–Kier alpha value is -5.42. The minimum atomic E-state index is -0.454. The zero-order valence-corrected chi connectivity index (χ0v) is 28.1. The lowest BCUT2D eigenvalue weighted by Gasteiger charge is -2.40. The van der Waals surface area contributed by atoms with Crippen molar-refractivity contribution in [3.63, 3.8) is 0 Å². The number of epoxide rings is 1. The summed E-state index contributed by atoms with van der Waals surface area (Å²) in [6.45, 7) is 2.15. The number of hydrogen-bond acceptors (Lipinski definition) is 4. The lowest BCUT2D eigenvalue weighted by atomic mass is 9.61. The molecule has 248 valence electrons. The average Bonchev–Trinajstić information content (AvgIpc) is 3.95. The van der Waals surface area contributed by atoms with Gasteiger partial charge in [-0.15, -0.1) is 0 Å². The van der Waals surface area contributed by atoms with Gasteiger partial charge in [0.1, 0.15) is 24.2 Å². The molecule has 0 bridgehead atoms.